The van der Waals surface area contributed by atoms with Crippen molar-refractivity contribution in [2.75, 3.05) is 33.9 Å². The molecule has 0 saturated heterocycles. The first kappa shape index (κ1) is 25.7. The van der Waals surface area contributed by atoms with E-state index in [9.17, 15) is 18.0 Å². The number of carbonyl (C=O) groups excluding carboxylic acids is 1. The summed E-state index contributed by atoms with van der Waals surface area (Å²) < 4.78 is 48.6. The quantitative estimate of drug-likeness (QED) is 0.293. The third-order valence-corrected chi connectivity index (χ3v) is 3.96. The summed E-state index contributed by atoms with van der Waals surface area (Å²) in [5.74, 6) is 0. The van der Waals surface area contributed by atoms with E-state index in [0.29, 0.717) is 24.3 Å². The summed E-state index contributed by atoms with van der Waals surface area (Å²) in [6.45, 7) is 6.29. The lowest BCUT2D eigenvalue weighted by Gasteiger charge is -2.24. The average Bonchev–Trinajstić information content (AvgIpc) is 2.64. The van der Waals surface area contributed by atoms with Crippen LogP contribution in [0.4, 0.5) is 18.0 Å². The Kier molecular flexibility index (Phi) is 10.1. The Morgan fingerprint density at radius 3 is 2.23 bits per heavy atom. The van der Waals surface area contributed by atoms with Crippen molar-refractivity contribution in [2.24, 2.45) is 5.16 Å². The molecule has 0 unspecified atom stereocenters. The molecule has 1 aromatic rings. The first-order valence-corrected chi connectivity index (χ1v) is 9.73. The highest BCUT2D eigenvalue weighted by Crippen LogP contribution is 2.29. The van der Waals surface area contributed by atoms with Crippen LogP contribution in [0.2, 0.25) is 0 Å². The molecule has 6 nitrogen and oxygen atoms in total. The number of carbonyl (C=O) groups is 1. The van der Waals surface area contributed by atoms with E-state index >= 15 is 0 Å². The van der Waals surface area contributed by atoms with Gasteiger partial charge in [0.05, 0.1) is 17.8 Å². The topological polar surface area (TPSA) is 60.4 Å². The summed E-state index contributed by atoms with van der Waals surface area (Å²) in [5.41, 5.74) is -0.215. The molecule has 1 amide bonds. The first-order valence-electron chi connectivity index (χ1n) is 9.73. The second-order valence-electron chi connectivity index (χ2n) is 7.80. The standard InChI is InChI=1S/C21H31F3N2O4/c1-20(2,3)30-19(27)26(4)13-15-29-25-18(8-6-7-14-28-5)16-9-11-17(12-10-16)21(22,23)24/h9-12H,6-8,13-15H2,1-5H3. The molecule has 0 heterocycles. The van der Waals surface area contributed by atoms with E-state index in [-0.39, 0.29) is 13.2 Å². The van der Waals surface area contributed by atoms with Gasteiger partial charge in [0.25, 0.3) is 0 Å². The fraction of sp³-hybridized carbons (Fsp3) is 0.619. The van der Waals surface area contributed by atoms with Crippen LogP contribution in [0.25, 0.3) is 0 Å². The molecule has 0 radical (unpaired) electrons. The van der Waals surface area contributed by atoms with E-state index in [1.165, 1.54) is 17.0 Å². The fourth-order valence-corrected chi connectivity index (χ4v) is 2.37. The number of alkyl halides is 3. The fourth-order valence-electron chi connectivity index (χ4n) is 2.37. The van der Waals surface area contributed by atoms with Crippen molar-refractivity contribution in [3.63, 3.8) is 0 Å². The highest BCUT2D eigenvalue weighted by atomic mass is 19.4. The molecule has 30 heavy (non-hydrogen) atoms. The Labute approximate surface area is 176 Å². The van der Waals surface area contributed by atoms with Crippen LogP contribution in [-0.2, 0) is 20.5 Å². The predicted molar refractivity (Wildman–Crippen MR) is 109 cm³/mol. The molecular weight excluding hydrogens is 401 g/mol. The zero-order chi connectivity index (χ0) is 22.8. The zero-order valence-corrected chi connectivity index (χ0v) is 18.2. The van der Waals surface area contributed by atoms with Gasteiger partial charge in [-0.15, -0.1) is 0 Å². The Bertz CT molecular complexity index is 683. The molecule has 0 saturated carbocycles. The highest BCUT2D eigenvalue weighted by Gasteiger charge is 2.30. The van der Waals surface area contributed by atoms with Gasteiger partial charge >= 0.3 is 12.3 Å². The maximum absolute atomic E-state index is 12.8. The monoisotopic (exact) mass is 432 g/mol. The molecule has 0 bridgehead atoms. The number of methoxy groups -OCH3 is 1. The summed E-state index contributed by atoms with van der Waals surface area (Å²) in [7, 11) is 3.19. The van der Waals surface area contributed by atoms with Crippen LogP contribution < -0.4 is 0 Å². The van der Waals surface area contributed by atoms with Gasteiger partial charge in [-0.25, -0.2) is 4.79 Å². The van der Waals surface area contributed by atoms with E-state index < -0.39 is 23.4 Å². The molecule has 0 aliphatic rings. The molecule has 0 aliphatic heterocycles. The second kappa shape index (κ2) is 11.8. The van der Waals surface area contributed by atoms with Crippen molar-refractivity contribution in [3.05, 3.63) is 35.4 Å². The molecule has 0 N–H and O–H groups in total. The summed E-state index contributed by atoms with van der Waals surface area (Å²) >= 11 is 0. The molecule has 1 aromatic carbocycles. The van der Waals surface area contributed by atoms with Gasteiger partial charge in [-0.05, 0) is 57.7 Å². The van der Waals surface area contributed by atoms with Crippen LogP contribution in [0, 0.1) is 0 Å². The number of unbranched alkanes of at least 4 members (excludes halogenated alkanes) is 1. The minimum atomic E-state index is -4.39. The minimum absolute atomic E-state index is 0.123. The van der Waals surface area contributed by atoms with Crippen LogP contribution in [0.1, 0.15) is 51.2 Å². The van der Waals surface area contributed by atoms with Crippen molar-refractivity contribution in [3.8, 4) is 0 Å². The molecule has 0 aliphatic carbocycles. The number of likely N-dealkylation sites (N-methyl/N-ethyl adjacent to an activating group) is 1. The number of benzene rings is 1. The molecule has 0 aromatic heterocycles. The summed E-state index contributed by atoms with van der Waals surface area (Å²) in [4.78, 5) is 18.6. The predicted octanol–water partition coefficient (Wildman–Crippen LogP) is 5.11. The Hall–Kier alpha value is -2.29. The van der Waals surface area contributed by atoms with Gasteiger partial charge in [0.2, 0.25) is 0 Å². The smallest absolute Gasteiger partial charge is 0.416 e. The molecule has 170 valence electrons. The molecule has 1 rings (SSSR count). The lowest BCUT2D eigenvalue weighted by atomic mass is 10.0. The maximum Gasteiger partial charge on any atom is 0.416 e. The Morgan fingerprint density at radius 1 is 1.07 bits per heavy atom. The van der Waals surface area contributed by atoms with Crippen LogP contribution in [0.3, 0.4) is 0 Å². The van der Waals surface area contributed by atoms with Crippen LogP contribution >= 0.6 is 0 Å². The van der Waals surface area contributed by atoms with Gasteiger partial charge in [0.1, 0.15) is 12.2 Å². The average molecular weight is 432 g/mol. The first-order chi connectivity index (χ1) is 13.9. The van der Waals surface area contributed by atoms with Crippen molar-refractivity contribution in [2.45, 2.75) is 51.8 Å². The summed E-state index contributed by atoms with van der Waals surface area (Å²) in [6, 6.07) is 4.81. The van der Waals surface area contributed by atoms with Gasteiger partial charge in [-0.3, -0.25) is 0 Å². The summed E-state index contributed by atoms with van der Waals surface area (Å²) in [6.07, 6.45) is -2.81. The SMILES string of the molecule is COCCCCC(=NOCCN(C)C(=O)OC(C)(C)C)c1ccc(C(F)(F)F)cc1. The lowest BCUT2D eigenvalue weighted by molar-refractivity contribution is -0.137. The number of amides is 1. The van der Waals surface area contributed by atoms with Crippen molar-refractivity contribution < 1.29 is 32.3 Å². The van der Waals surface area contributed by atoms with E-state index in [2.05, 4.69) is 5.16 Å². The second-order valence-corrected chi connectivity index (χ2v) is 7.80. The van der Waals surface area contributed by atoms with Gasteiger partial charge < -0.3 is 19.2 Å². The number of hydrogen-bond acceptors (Lipinski definition) is 5. The van der Waals surface area contributed by atoms with Gasteiger partial charge in [-0.2, -0.15) is 13.2 Å². The largest absolute Gasteiger partial charge is 0.444 e. The number of halogens is 3. The third-order valence-electron chi connectivity index (χ3n) is 3.96. The molecular formula is C21H31F3N2O4. The van der Waals surface area contributed by atoms with E-state index in [0.717, 1.165) is 25.0 Å². The van der Waals surface area contributed by atoms with E-state index in [1.54, 1.807) is 34.9 Å². The number of nitrogens with zero attached hydrogens (tertiary/aromatic N) is 2. The highest BCUT2D eigenvalue weighted by molar-refractivity contribution is 6.00. The molecule has 0 spiro atoms. The Balaban J connectivity index is 2.73. The van der Waals surface area contributed by atoms with Crippen molar-refractivity contribution in [1.29, 1.82) is 0 Å². The summed E-state index contributed by atoms with van der Waals surface area (Å²) in [5, 5.41) is 4.11. The van der Waals surface area contributed by atoms with Gasteiger partial charge in [0.15, 0.2) is 0 Å². The Morgan fingerprint density at radius 2 is 1.70 bits per heavy atom. The van der Waals surface area contributed by atoms with E-state index in [1.807, 2.05) is 0 Å². The zero-order valence-electron chi connectivity index (χ0n) is 18.2. The number of rotatable bonds is 10. The maximum atomic E-state index is 12.8. The van der Waals surface area contributed by atoms with Gasteiger partial charge in [0, 0.05) is 20.8 Å². The van der Waals surface area contributed by atoms with Crippen molar-refractivity contribution in [1.82, 2.24) is 4.90 Å². The molecule has 0 fully saturated rings. The van der Waals surface area contributed by atoms with E-state index in [4.69, 9.17) is 14.3 Å². The number of ether oxygens (including phenoxy) is 2. The normalized spacial score (nSPS) is 12.6. The molecule has 0 atom stereocenters. The minimum Gasteiger partial charge on any atom is -0.444 e. The number of oxime groups is 1. The lowest BCUT2D eigenvalue weighted by Crippen LogP contribution is -2.35. The number of hydrogen-bond donors (Lipinski definition) is 0. The third kappa shape index (κ3) is 9.96. The van der Waals surface area contributed by atoms with Gasteiger partial charge in [-0.1, -0.05) is 17.3 Å². The van der Waals surface area contributed by atoms with Crippen LogP contribution in [-0.4, -0.2) is 56.2 Å². The van der Waals surface area contributed by atoms with Crippen molar-refractivity contribution >= 4 is 11.8 Å². The molecule has 9 heteroatoms. The van der Waals surface area contributed by atoms with Crippen LogP contribution in [0.15, 0.2) is 29.4 Å². The van der Waals surface area contributed by atoms with Crippen LogP contribution in [0.5, 0.6) is 0 Å².